The number of nitrogen functional groups attached to an aromatic ring is 1. The summed E-state index contributed by atoms with van der Waals surface area (Å²) in [6, 6.07) is 15.7. The van der Waals surface area contributed by atoms with E-state index in [2.05, 4.69) is 6.07 Å². The second-order valence-corrected chi connectivity index (χ2v) is 6.08. The number of nitrogens with two attached hydrogens (primary N) is 1. The Kier molecular flexibility index (Phi) is 3.20. The van der Waals surface area contributed by atoms with Crippen LogP contribution in [-0.2, 0) is 16.6 Å². The van der Waals surface area contributed by atoms with Gasteiger partial charge in [-0.3, -0.25) is 4.79 Å². The van der Waals surface area contributed by atoms with E-state index in [-0.39, 0.29) is 5.91 Å². The Morgan fingerprint density at radius 3 is 2.48 bits per heavy atom. The van der Waals surface area contributed by atoms with E-state index in [1.807, 2.05) is 61.2 Å². The van der Waals surface area contributed by atoms with E-state index in [0.29, 0.717) is 5.69 Å². The Balaban J connectivity index is 1.93. The van der Waals surface area contributed by atoms with Crippen molar-refractivity contribution in [3.63, 3.8) is 0 Å². The Bertz CT molecular complexity index is 674. The van der Waals surface area contributed by atoms with Gasteiger partial charge in [0.2, 0.25) is 5.91 Å². The second-order valence-electron chi connectivity index (χ2n) is 6.08. The van der Waals surface area contributed by atoms with E-state index in [9.17, 15) is 4.79 Å². The third-order valence-electron chi connectivity index (χ3n) is 4.30. The lowest BCUT2D eigenvalue weighted by Gasteiger charge is -2.30. The first-order valence-corrected chi connectivity index (χ1v) is 7.26. The van der Waals surface area contributed by atoms with E-state index >= 15 is 0 Å². The summed E-state index contributed by atoms with van der Waals surface area (Å²) < 4.78 is 0. The van der Waals surface area contributed by atoms with Gasteiger partial charge in [0, 0.05) is 17.9 Å². The molecule has 108 valence electrons. The lowest BCUT2D eigenvalue weighted by Crippen LogP contribution is -2.42. The van der Waals surface area contributed by atoms with Gasteiger partial charge in [0.1, 0.15) is 0 Å². The third-order valence-corrected chi connectivity index (χ3v) is 4.30. The van der Waals surface area contributed by atoms with Crippen molar-refractivity contribution in [1.82, 2.24) is 0 Å². The highest BCUT2D eigenvalue weighted by molar-refractivity contribution is 6.02. The molecule has 0 spiro atoms. The van der Waals surface area contributed by atoms with Gasteiger partial charge in [-0.1, -0.05) is 30.3 Å². The largest absolute Gasteiger partial charge is 0.399 e. The van der Waals surface area contributed by atoms with Crippen LogP contribution in [0.1, 0.15) is 25.0 Å². The molecule has 0 bridgehead atoms. The number of rotatable bonds is 2. The smallest absolute Gasteiger partial charge is 0.237 e. The minimum atomic E-state index is -0.564. The predicted molar refractivity (Wildman–Crippen MR) is 86.4 cm³/mol. The zero-order valence-electron chi connectivity index (χ0n) is 12.5. The first-order chi connectivity index (χ1) is 10.00. The van der Waals surface area contributed by atoms with Gasteiger partial charge >= 0.3 is 0 Å². The third kappa shape index (κ3) is 2.29. The van der Waals surface area contributed by atoms with Crippen LogP contribution in [0, 0.1) is 0 Å². The highest BCUT2D eigenvalue weighted by atomic mass is 16.2. The molecule has 2 aromatic carbocycles. The summed E-state index contributed by atoms with van der Waals surface area (Å²) in [5.74, 6) is 0.136. The first kappa shape index (κ1) is 13.7. The molecule has 1 heterocycles. The number of fused-ring (bicyclic) bond motifs is 1. The second kappa shape index (κ2) is 4.92. The molecule has 0 aliphatic carbocycles. The summed E-state index contributed by atoms with van der Waals surface area (Å²) in [4.78, 5) is 14.9. The van der Waals surface area contributed by atoms with Gasteiger partial charge in [-0.25, -0.2) is 0 Å². The predicted octanol–water partition coefficient (Wildman–Crippen LogP) is 3.14. The van der Waals surface area contributed by atoms with Gasteiger partial charge in [-0.15, -0.1) is 0 Å². The molecule has 0 saturated carbocycles. The van der Waals surface area contributed by atoms with Crippen molar-refractivity contribution in [2.75, 3.05) is 17.2 Å². The number of carbonyl (C=O) groups is 1. The molecule has 0 radical (unpaired) electrons. The lowest BCUT2D eigenvalue weighted by molar-refractivity contribution is -0.122. The number of anilines is 2. The number of para-hydroxylation sites is 1. The highest BCUT2D eigenvalue weighted by Crippen LogP contribution is 2.33. The van der Waals surface area contributed by atoms with Crippen molar-refractivity contribution in [2.24, 2.45) is 0 Å². The molecule has 3 nitrogen and oxygen atoms in total. The average Bonchev–Trinajstić information content (AvgIpc) is 2.90. The van der Waals surface area contributed by atoms with E-state index in [1.165, 1.54) is 5.56 Å². The number of carbonyl (C=O) groups excluding carboxylic acids is 1. The van der Waals surface area contributed by atoms with Crippen LogP contribution >= 0.6 is 0 Å². The molecule has 0 fully saturated rings. The molecule has 2 N–H and O–H groups in total. The van der Waals surface area contributed by atoms with Crippen LogP contribution < -0.4 is 10.6 Å². The summed E-state index contributed by atoms with van der Waals surface area (Å²) in [6.07, 6.45) is 0.930. The maximum atomic E-state index is 13.0. The molecule has 0 atom stereocenters. The standard InChI is InChI=1S/C18H20N2O/c1-18(2,14-7-9-15(19)10-8-14)17(21)20-12-11-13-5-3-4-6-16(13)20/h3-10H,11-12,19H2,1-2H3. The normalized spacial score (nSPS) is 14.1. The van der Waals surface area contributed by atoms with Crippen LogP contribution in [0.2, 0.25) is 0 Å². The molecule has 2 aromatic rings. The Morgan fingerprint density at radius 2 is 1.76 bits per heavy atom. The fourth-order valence-electron chi connectivity index (χ4n) is 2.91. The van der Waals surface area contributed by atoms with Crippen molar-refractivity contribution in [1.29, 1.82) is 0 Å². The monoisotopic (exact) mass is 280 g/mol. The molecule has 21 heavy (non-hydrogen) atoms. The molecule has 1 aliphatic heterocycles. The van der Waals surface area contributed by atoms with Crippen molar-refractivity contribution in [3.8, 4) is 0 Å². The molecule has 3 rings (SSSR count). The summed E-state index contributed by atoms with van der Waals surface area (Å²) in [7, 11) is 0. The van der Waals surface area contributed by atoms with Crippen molar-refractivity contribution in [2.45, 2.75) is 25.7 Å². The molecule has 0 unspecified atom stereocenters. The van der Waals surface area contributed by atoms with E-state index in [4.69, 9.17) is 5.73 Å². The van der Waals surface area contributed by atoms with Gasteiger partial charge in [-0.2, -0.15) is 0 Å². The maximum Gasteiger partial charge on any atom is 0.237 e. The Hall–Kier alpha value is -2.29. The summed E-state index contributed by atoms with van der Waals surface area (Å²) in [5.41, 5.74) is 9.18. The van der Waals surface area contributed by atoms with Crippen LogP contribution in [0.15, 0.2) is 48.5 Å². The van der Waals surface area contributed by atoms with Crippen LogP contribution in [0.3, 0.4) is 0 Å². The van der Waals surface area contributed by atoms with E-state index in [1.54, 1.807) is 0 Å². The number of amides is 1. The van der Waals surface area contributed by atoms with E-state index < -0.39 is 5.41 Å². The summed E-state index contributed by atoms with van der Waals surface area (Å²) >= 11 is 0. The van der Waals surface area contributed by atoms with Gasteiger partial charge < -0.3 is 10.6 Å². The molecular weight excluding hydrogens is 260 g/mol. The topological polar surface area (TPSA) is 46.3 Å². The highest BCUT2D eigenvalue weighted by Gasteiger charge is 2.36. The molecule has 0 aromatic heterocycles. The molecule has 3 heteroatoms. The fourth-order valence-corrected chi connectivity index (χ4v) is 2.91. The summed E-state index contributed by atoms with van der Waals surface area (Å²) in [6.45, 7) is 4.71. The van der Waals surface area contributed by atoms with Gasteiger partial charge in [-0.05, 0) is 49.6 Å². The molecule has 1 aliphatic rings. The number of nitrogens with zero attached hydrogens (tertiary/aromatic N) is 1. The van der Waals surface area contributed by atoms with Crippen LogP contribution in [0.25, 0.3) is 0 Å². The van der Waals surface area contributed by atoms with Crippen molar-refractivity contribution >= 4 is 17.3 Å². The number of hydrogen-bond acceptors (Lipinski definition) is 2. The fraction of sp³-hybridized carbons (Fsp3) is 0.278. The van der Waals surface area contributed by atoms with Gasteiger partial charge in [0.15, 0.2) is 0 Å². The Labute approximate surface area is 125 Å². The minimum absolute atomic E-state index is 0.136. The van der Waals surface area contributed by atoms with Crippen molar-refractivity contribution in [3.05, 3.63) is 59.7 Å². The zero-order chi connectivity index (χ0) is 15.0. The number of benzene rings is 2. The number of hydrogen-bond donors (Lipinski definition) is 1. The minimum Gasteiger partial charge on any atom is -0.399 e. The first-order valence-electron chi connectivity index (χ1n) is 7.26. The zero-order valence-corrected chi connectivity index (χ0v) is 12.5. The van der Waals surface area contributed by atoms with Crippen LogP contribution in [-0.4, -0.2) is 12.5 Å². The van der Waals surface area contributed by atoms with E-state index in [0.717, 1.165) is 24.2 Å². The maximum absolute atomic E-state index is 13.0. The SMILES string of the molecule is CC(C)(C(=O)N1CCc2ccccc21)c1ccc(N)cc1. The van der Waals surface area contributed by atoms with Gasteiger partial charge in [0.05, 0.1) is 5.41 Å². The summed E-state index contributed by atoms with van der Waals surface area (Å²) in [5, 5.41) is 0. The lowest BCUT2D eigenvalue weighted by atomic mass is 9.83. The Morgan fingerprint density at radius 1 is 1.10 bits per heavy atom. The quantitative estimate of drug-likeness (QED) is 0.859. The molecule has 0 saturated heterocycles. The van der Waals surface area contributed by atoms with Crippen molar-refractivity contribution < 1.29 is 4.79 Å². The molecular formula is C18H20N2O. The van der Waals surface area contributed by atoms with Crippen LogP contribution in [0.5, 0.6) is 0 Å². The van der Waals surface area contributed by atoms with Crippen LogP contribution in [0.4, 0.5) is 11.4 Å². The van der Waals surface area contributed by atoms with Gasteiger partial charge in [0.25, 0.3) is 0 Å². The average molecular weight is 280 g/mol. The molecule has 1 amide bonds.